The Morgan fingerprint density at radius 2 is 2.11 bits per heavy atom. The van der Waals surface area contributed by atoms with Crippen molar-refractivity contribution < 1.29 is 14.3 Å². The van der Waals surface area contributed by atoms with E-state index in [1.165, 1.54) is 5.57 Å². The van der Waals surface area contributed by atoms with Gasteiger partial charge in [0.2, 0.25) is 0 Å². The van der Waals surface area contributed by atoms with Gasteiger partial charge in [-0.25, -0.2) is 0 Å². The Morgan fingerprint density at radius 3 is 2.72 bits per heavy atom. The lowest BCUT2D eigenvalue weighted by atomic mass is 10.1. The number of hydrogen-bond acceptors (Lipinski definition) is 3. The van der Waals surface area contributed by atoms with Crippen molar-refractivity contribution in [2.75, 3.05) is 13.4 Å². The van der Waals surface area contributed by atoms with Crippen LogP contribution >= 0.6 is 0 Å². The molecule has 18 heavy (non-hydrogen) atoms. The molecule has 0 N–H and O–H groups in total. The molecular weight excluding hydrogens is 228 g/mol. The molecule has 3 nitrogen and oxygen atoms in total. The van der Waals surface area contributed by atoms with E-state index in [1.807, 2.05) is 32.9 Å². The molecule has 0 aromatic heterocycles. The Kier molecular flexibility index (Phi) is 6.15. The van der Waals surface area contributed by atoms with Crippen LogP contribution in [0.25, 0.3) is 0 Å². The first kappa shape index (κ1) is 14.5. The average molecular weight is 248 g/mol. The second-order valence-electron chi connectivity index (χ2n) is 4.23. The smallest absolute Gasteiger partial charge is 0.189 e. The maximum Gasteiger partial charge on any atom is 0.189 e. The van der Waals surface area contributed by atoms with Gasteiger partial charge >= 0.3 is 0 Å². The normalized spacial score (nSPS) is 9.94. The van der Waals surface area contributed by atoms with Crippen molar-refractivity contribution in [3.8, 4) is 5.75 Å². The number of carbonyl (C=O) groups is 1. The van der Waals surface area contributed by atoms with Crippen LogP contribution in [-0.4, -0.2) is 19.7 Å². The first-order valence-corrected chi connectivity index (χ1v) is 6.09. The van der Waals surface area contributed by atoms with E-state index in [0.717, 1.165) is 24.0 Å². The number of hydrogen-bond donors (Lipinski definition) is 0. The molecule has 3 heteroatoms. The minimum atomic E-state index is 0.235. The van der Waals surface area contributed by atoms with Crippen molar-refractivity contribution in [2.24, 2.45) is 0 Å². The predicted octanol–water partition coefficient (Wildman–Crippen LogP) is 3.38. The molecule has 0 aliphatic carbocycles. The minimum Gasteiger partial charge on any atom is -0.467 e. The molecule has 0 amide bonds. The van der Waals surface area contributed by atoms with Crippen LogP contribution in [0.4, 0.5) is 0 Å². The van der Waals surface area contributed by atoms with Crippen LogP contribution in [0.2, 0.25) is 0 Å². The summed E-state index contributed by atoms with van der Waals surface area (Å²) < 4.78 is 10.7. The molecule has 0 saturated carbocycles. The summed E-state index contributed by atoms with van der Waals surface area (Å²) in [6, 6.07) is 5.42. The first-order chi connectivity index (χ1) is 8.67. The van der Waals surface area contributed by atoms with E-state index in [0.29, 0.717) is 12.2 Å². The molecule has 1 aromatic carbocycles. The Bertz CT molecular complexity index is 418. The number of allylic oxidation sites excluding steroid dienone is 2. The zero-order valence-corrected chi connectivity index (χ0v) is 11.2. The van der Waals surface area contributed by atoms with E-state index in [-0.39, 0.29) is 6.79 Å². The fraction of sp³-hybridized carbons (Fsp3) is 0.400. The minimum absolute atomic E-state index is 0.235. The van der Waals surface area contributed by atoms with Gasteiger partial charge in [0, 0.05) is 12.2 Å². The van der Waals surface area contributed by atoms with E-state index in [2.05, 4.69) is 6.08 Å². The lowest BCUT2D eigenvalue weighted by molar-refractivity contribution is 0.0219. The van der Waals surface area contributed by atoms with Crippen LogP contribution in [0.3, 0.4) is 0 Å². The Labute approximate surface area is 108 Å². The zero-order chi connectivity index (χ0) is 13.4. The van der Waals surface area contributed by atoms with Gasteiger partial charge in [-0.05, 0) is 51.0 Å². The van der Waals surface area contributed by atoms with Gasteiger partial charge in [-0.15, -0.1) is 0 Å². The standard InChI is InChI=1S/C15H20O3/c1-4-17-11-18-15-8-6-13(10-16)9-14(15)7-5-12(2)3/h5-6,8-10H,4,7,11H2,1-3H3. The average Bonchev–Trinajstić information content (AvgIpc) is 2.37. The number of ether oxygens (including phenoxy) is 2. The second-order valence-corrected chi connectivity index (χ2v) is 4.23. The molecule has 0 heterocycles. The molecule has 0 bridgehead atoms. The largest absolute Gasteiger partial charge is 0.467 e. The van der Waals surface area contributed by atoms with Gasteiger partial charge in [0.1, 0.15) is 12.0 Å². The third-order valence-corrected chi connectivity index (χ3v) is 2.45. The molecule has 0 fully saturated rings. The van der Waals surface area contributed by atoms with Crippen molar-refractivity contribution in [3.05, 3.63) is 41.0 Å². The second kappa shape index (κ2) is 7.67. The molecule has 0 saturated heterocycles. The highest BCUT2D eigenvalue weighted by Crippen LogP contribution is 2.21. The summed E-state index contributed by atoms with van der Waals surface area (Å²) in [5.74, 6) is 0.770. The van der Waals surface area contributed by atoms with E-state index < -0.39 is 0 Å². The Morgan fingerprint density at radius 1 is 1.33 bits per heavy atom. The molecular formula is C15H20O3. The van der Waals surface area contributed by atoms with Crippen LogP contribution in [0.5, 0.6) is 5.75 Å². The molecule has 98 valence electrons. The van der Waals surface area contributed by atoms with Crippen LogP contribution in [0.1, 0.15) is 36.7 Å². The molecule has 0 radical (unpaired) electrons. The van der Waals surface area contributed by atoms with E-state index >= 15 is 0 Å². The number of aldehydes is 1. The first-order valence-electron chi connectivity index (χ1n) is 6.09. The van der Waals surface area contributed by atoms with Gasteiger partial charge < -0.3 is 9.47 Å². The van der Waals surface area contributed by atoms with E-state index in [4.69, 9.17) is 9.47 Å². The van der Waals surface area contributed by atoms with Crippen molar-refractivity contribution >= 4 is 6.29 Å². The van der Waals surface area contributed by atoms with Gasteiger partial charge in [-0.2, -0.15) is 0 Å². The molecule has 0 atom stereocenters. The third kappa shape index (κ3) is 4.72. The molecule has 0 aliphatic heterocycles. The number of carbonyl (C=O) groups excluding carboxylic acids is 1. The van der Waals surface area contributed by atoms with E-state index in [9.17, 15) is 4.79 Å². The van der Waals surface area contributed by atoms with Crippen molar-refractivity contribution in [1.82, 2.24) is 0 Å². The van der Waals surface area contributed by atoms with Crippen LogP contribution in [0.15, 0.2) is 29.8 Å². The maximum atomic E-state index is 10.8. The summed E-state index contributed by atoms with van der Waals surface area (Å²) >= 11 is 0. The summed E-state index contributed by atoms with van der Waals surface area (Å²) in [6.07, 6.45) is 3.71. The number of benzene rings is 1. The van der Waals surface area contributed by atoms with Gasteiger partial charge in [0.25, 0.3) is 0 Å². The lowest BCUT2D eigenvalue weighted by Gasteiger charge is -2.11. The van der Waals surface area contributed by atoms with Crippen molar-refractivity contribution in [1.29, 1.82) is 0 Å². The molecule has 1 aromatic rings. The van der Waals surface area contributed by atoms with Gasteiger partial charge in [-0.1, -0.05) is 11.6 Å². The van der Waals surface area contributed by atoms with Crippen LogP contribution in [-0.2, 0) is 11.2 Å². The summed E-state index contributed by atoms with van der Waals surface area (Å²) in [5, 5.41) is 0. The number of rotatable bonds is 7. The summed E-state index contributed by atoms with van der Waals surface area (Å²) in [6.45, 7) is 6.87. The van der Waals surface area contributed by atoms with Crippen molar-refractivity contribution in [3.63, 3.8) is 0 Å². The highest BCUT2D eigenvalue weighted by molar-refractivity contribution is 5.75. The zero-order valence-electron chi connectivity index (χ0n) is 11.2. The Balaban J connectivity index is 2.85. The lowest BCUT2D eigenvalue weighted by Crippen LogP contribution is -2.04. The SMILES string of the molecule is CCOCOc1ccc(C=O)cc1CC=C(C)C. The van der Waals surface area contributed by atoms with Crippen LogP contribution in [0, 0.1) is 0 Å². The monoisotopic (exact) mass is 248 g/mol. The van der Waals surface area contributed by atoms with E-state index in [1.54, 1.807) is 6.07 Å². The highest BCUT2D eigenvalue weighted by atomic mass is 16.7. The molecule has 1 rings (SSSR count). The predicted molar refractivity (Wildman–Crippen MR) is 72.1 cm³/mol. The summed E-state index contributed by atoms with van der Waals surface area (Å²) in [4.78, 5) is 10.8. The molecule has 0 aliphatic rings. The third-order valence-electron chi connectivity index (χ3n) is 2.45. The fourth-order valence-electron chi connectivity index (χ4n) is 1.48. The molecule has 0 spiro atoms. The highest BCUT2D eigenvalue weighted by Gasteiger charge is 2.04. The summed E-state index contributed by atoms with van der Waals surface area (Å²) in [5.41, 5.74) is 2.90. The topological polar surface area (TPSA) is 35.5 Å². The van der Waals surface area contributed by atoms with Crippen LogP contribution < -0.4 is 4.74 Å². The molecule has 0 unspecified atom stereocenters. The maximum absolute atomic E-state index is 10.8. The quantitative estimate of drug-likeness (QED) is 0.321. The van der Waals surface area contributed by atoms with Crippen molar-refractivity contribution in [2.45, 2.75) is 27.2 Å². The van der Waals surface area contributed by atoms with Gasteiger partial charge in [0.15, 0.2) is 6.79 Å². The van der Waals surface area contributed by atoms with Gasteiger partial charge in [-0.3, -0.25) is 4.79 Å². The summed E-state index contributed by atoms with van der Waals surface area (Å²) in [7, 11) is 0. The van der Waals surface area contributed by atoms with Gasteiger partial charge in [0.05, 0.1) is 0 Å². The fourth-order valence-corrected chi connectivity index (χ4v) is 1.48. The Hall–Kier alpha value is -1.61.